The predicted molar refractivity (Wildman–Crippen MR) is 77.5 cm³/mol. The molecule has 116 valence electrons. The quantitative estimate of drug-likeness (QED) is 0.781. The number of rotatable bonds is 5. The Balaban J connectivity index is 1.58. The van der Waals surface area contributed by atoms with Gasteiger partial charge in [-0.1, -0.05) is 18.5 Å². The summed E-state index contributed by atoms with van der Waals surface area (Å²) < 4.78 is 12.5. The number of carbonyl (C=O) groups excluding carboxylic acids is 1. The fourth-order valence-electron chi connectivity index (χ4n) is 2.29. The highest BCUT2D eigenvalue weighted by Gasteiger charge is 2.30. The van der Waals surface area contributed by atoms with E-state index in [1.807, 2.05) is 6.92 Å². The second-order valence-electron chi connectivity index (χ2n) is 4.99. The van der Waals surface area contributed by atoms with E-state index in [0.29, 0.717) is 29.6 Å². The molecule has 0 N–H and O–H groups in total. The summed E-state index contributed by atoms with van der Waals surface area (Å²) in [6, 6.07) is 5.28. The number of hydrogen-bond donors (Lipinski definition) is 0. The minimum Gasteiger partial charge on any atom is -0.478 e. The van der Waals surface area contributed by atoms with Crippen LogP contribution in [-0.2, 0) is 29.1 Å². The molecule has 22 heavy (non-hydrogen) atoms. The molecule has 0 saturated heterocycles. The number of carbonyl (C=O) groups is 1. The number of benzene rings is 1. The SMILES string of the molecule is CCCn1nnnc1COC(=O)[C@@H]1Cc2cc(Cl)ccc2O1. The fraction of sp³-hybridized carbons (Fsp3) is 0.429. The molecule has 0 aliphatic carbocycles. The molecular formula is C14H15ClN4O3. The van der Waals surface area contributed by atoms with Crippen LogP contribution in [0.25, 0.3) is 0 Å². The maximum absolute atomic E-state index is 12.1. The zero-order chi connectivity index (χ0) is 15.5. The highest BCUT2D eigenvalue weighted by atomic mass is 35.5. The number of ether oxygens (including phenoxy) is 2. The van der Waals surface area contributed by atoms with E-state index in [2.05, 4.69) is 15.5 Å². The van der Waals surface area contributed by atoms with E-state index in [0.717, 1.165) is 12.0 Å². The lowest BCUT2D eigenvalue weighted by atomic mass is 10.1. The number of hydrogen-bond acceptors (Lipinski definition) is 6. The largest absolute Gasteiger partial charge is 0.478 e. The highest BCUT2D eigenvalue weighted by molar-refractivity contribution is 6.30. The summed E-state index contributed by atoms with van der Waals surface area (Å²) in [5.41, 5.74) is 0.908. The maximum atomic E-state index is 12.1. The second kappa shape index (κ2) is 6.31. The number of fused-ring (bicyclic) bond motifs is 1. The Bertz CT molecular complexity index is 688. The molecule has 2 aromatic rings. The van der Waals surface area contributed by atoms with Gasteiger partial charge in [-0.3, -0.25) is 0 Å². The van der Waals surface area contributed by atoms with Gasteiger partial charge in [-0.25, -0.2) is 9.48 Å². The van der Waals surface area contributed by atoms with E-state index in [1.165, 1.54) is 0 Å². The lowest BCUT2D eigenvalue weighted by Gasteiger charge is -2.10. The van der Waals surface area contributed by atoms with Gasteiger partial charge < -0.3 is 9.47 Å². The van der Waals surface area contributed by atoms with E-state index < -0.39 is 12.1 Å². The molecule has 1 atom stereocenters. The van der Waals surface area contributed by atoms with Gasteiger partial charge in [0.25, 0.3) is 0 Å². The van der Waals surface area contributed by atoms with Crippen LogP contribution in [0.2, 0.25) is 5.02 Å². The molecule has 0 saturated carbocycles. The Morgan fingerprint density at radius 1 is 1.55 bits per heavy atom. The number of nitrogens with zero attached hydrogens (tertiary/aromatic N) is 4. The Hall–Kier alpha value is -2.15. The molecule has 1 aliphatic heterocycles. The van der Waals surface area contributed by atoms with E-state index in [4.69, 9.17) is 21.1 Å². The van der Waals surface area contributed by atoms with Crippen molar-refractivity contribution >= 4 is 17.6 Å². The van der Waals surface area contributed by atoms with Crippen molar-refractivity contribution in [3.63, 3.8) is 0 Å². The van der Waals surface area contributed by atoms with Gasteiger partial charge in [0.05, 0.1) is 0 Å². The number of aromatic nitrogens is 4. The summed E-state index contributed by atoms with van der Waals surface area (Å²) in [6.45, 7) is 2.73. The van der Waals surface area contributed by atoms with E-state index in [1.54, 1.807) is 22.9 Å². The first kappa shape index (κ1) is 14.8. The molecule has 8 heteroatoms. The molecule has 2 heterocycles. The van der Waals surface area contributed by atoms with Crippen LogP contribution in [0.5, 0.6) is 5.75 Å². The van der Waals surface area contributed by atoms with E-state index in [9.17, 15) is 4.79 Å². The number of halogens is 1. The molecule has 3 rings (SSSR count). The molecule has 0 bridgehead atoms. The van der Waals surface area contributed by atoms with Crippen LogP contribution in [0.4, 0.5) is 0 Å². The minimum atomic E-state index is -0.649. The highest BCUT2D eigenvalue weighted by Crippen LogP contribution is 2.31. The number of esters is 1. The van der Waals surface area contributed by atoms with Gasteiger partial charge in [0, 0.05) is 18.0 Å². The first-order valence-corrected chi connectivity index (χ1v) is 7.42. The lowest BCUT2D eigenvalue weighted by Crippen LogP contribution is -2.27. The van der Waals surface area contributed by atoms with Gasteiger partial charge in [-0.2, -0.15) is 0 Å². The van der Waals surface area contributed by atoms with Gasteiger partial charge in [0.15, 0.2) is 18.5 Å². The topological polar surface area (TPSA) is 79.1 Å². The Morgan fingerprint density at radius 2 is 2.41 bits per heavy atom. The summed E-state index contributed by atoms with van der Waals surface area (Å²) in [5, 5.41) is 11.9. The minimum absolute atomic E-state index is 0.0306. The predicted octanol–water partition coefficient (Wildman–Crippen LogP) is 1.78. The van der Waals surface area contributed by atoms with Crippen LogP contribution in [0.1, 0.15) is 24.7 Å². The Morgan fingerprint density at radius 3 is 3.23 bits per heavy atom. The summed E-state index contributed by atoms with van der Waals surface area (Å²) in [7, 11) is 0. The van der Waals surface area contributed by atoms with Crippen molar-refractivity contribution in [2.45, 2.75) is 39.0 Å². The summed E-state index contributed by atoms with van der Waals surface area (Å²) in [4.78, 5) is 12.1. The van der Waals surface area contributed by atoms with Crippen molar-refractivity contribution in [2.24, 2.45) is 0 Å². The summed E-state index contributed by atoms with van der Waals surface area (Å²) >= 11 is 5.93. The Kier molecular flexibility index (Phi) is 4.24. The molecule has 1 aromatic carbocycles. The van der Waals surface area contributed by atoms with Crippen molar-refractivity contribution in [1.29, 1.82) is 0 Å². The van der Waals surface area contributed by atoms with Crippen molar-refractivity contribution in [3.8, 4) is 5.75 Å². The zero-order valence-corrected chi connectivity index (χ0v) is 12.8. The smallest absolute Gasteiger partial charge is 0.348 e. The molecule has 0 radical (unpaired) electrons. The van der Waals surface area contributed by atoms with Crippen LogP contribution in [0.3, 0.4) is 0 Å². The van der Waals surface area contributed by atoms with Crippen LogP contribution in [0, 0.1) is 0 Å². The molecule has 1 aliphatic rings. The summed E-state index contributed by atoms with van der Waals surface area (Å²) in [5.74, 6) is 0.759. The second-order valence-corrected chi connectivity index (χ2v) is 5.43. The van der Waals surface area contributed by atoms with E-state index in [-0.39, 0.29) is 6.61 Å². The third-order valence-electron chi connectivity index (χ3n) is 3.34. The average Bonchev–Trinajstić information content (AvgIpc) is 3.11. The van der Waals surface area contributed by atoms with Crippen molar-refractivity contribution < 1.29 is 14.3 Å². The standard InChI is InChI=1S/C14H15ClN4O3/c1-2-5-19-13(16-17-18-19)8-21-14(20)12-7-9-6-10(15)3-4-11(9)22-12/h3-4,6,12H,2,5,7-8H2,1H3/t12-/m0/s1. The third-order valence-corrected chi connectivity index (χ3v) is 3.58. The zero-order valence-electron chi connectivity index (χ0n) is 12.0. The lowest BCUT2D eigenvalue weighted by molar-refractivity contribution is -0.152. The van der Waals surface area contributed by atoms with Crippen LogP contribution >= 0.6 is 11.6 Å². The van der Waals surface area contributed by atoms with Gasteiger partial charge in [-0.05, 0) is 40.6 Å². The summed E-state index contributed by atoms with van der Waals surface area (Å²) in [6.07, 6.45) is 0.701. The molecule has 7 nitrogen and oxygen atoms in total. The van der Waals surface area contributed by atoms with Gasteiger partial charge in [0.1, 0.15) is 5.75 Å². The van der Waals surface area contributed by atoms with Crippen molar-refractivity contribution in [2.75, 3.05) is 0 Å². The van der Waals surface area contributed by atoms with Gasteiger partial charge in [-0.15, -0.1) is 5.10 Å². The third kappa shape index (κ3) is 3.04. The molecule has 0 spiro atoms. The monoisotopic (exact) mass is 322 g/mol. The van der Waals surface area contributed by atoms with Gasteiger partial charge in [0.2, 0.25) is 0 Å². The molecule has 0 fully saturated rings. The van der Waals surface area contributed by atoms with Crippen LogP contribution < -0.4 is 4.74 Å². The van der Waals surface area contributed by atoms with Crippen molar-refractivity contribution in [1.82, 2.24) is 20.2 Å². The molecule has 0 amide bonds. The Labute approximate surface area is 132 Å². The molecule has 0 unspecified atom stereocenters. The van der Waals surface area contributed by atoms with Crippen molar-refractivity contribution in [3.05, 3.63) is 34.6 Å². The van der Waals surface area contributed by atoms with Crippen LogP contribution in [0.15, 0.2) is 18.2 Å². The number of aryl methyl sites for hydroxylation is 1. The normalized spacial score (nSPS) is 16.2. The maximum Gasteiger partial charge on any atom is 0.348 e. The fourth-order valence-corrected chi connectivity index (χ4v) is 2.48. The average molecular weight is 323 g/mol. The first-order chi connectivity index (χ1) is 10.7. The van der Waals surface area contributed by atoms with Gasteiger partial charge >= 0.3 is 5.97 Å². The van der Waals surface area contributed by atoms with E-state index >= 15 is 0 Å². The number of tetrazole rings is 1. The molecule has 1 aromatic heterocycles. The molecular weight excluding hydrogens is 308 g/mol. The first-order valence-electron chi connectivity index (χ1n) is 7.04. The van der Waals surface area contributed by atoms with Crippen LogP contribution in [-0.4, -0.2) is 32.3 Å².